The monoisotopic (exact) mass is 570 g/mol. The summed E-state index contributed by atoms with van der Waals surface area (Å²) >= 11 is 0. The molecular formula is C26H16F6O8. The van der Waals surface area contributed by atoms with Crippen molar-refractivity contribution in [2.45, 2.75) is 27.7 Å². The van der Waals surface area contributed by atoms with Crippen LogP contribution in [0.1, 0.15) is 69.1 Å². The second kappa shape index (κ2) is 11.5. The molecule has 3 aromatic rings. The molecule has 0 aliphatic carbocycles. The van der Waals surface area contributed by atoms with Gasteiger partial charge in [-0.15, -0.1) is 0 Å². The fourth-order valence-electron chi connectivity index (χ4n) is 3.41. The van der Waals surface area contributed by atoms with E-state index in [0.717, 1.165) is 24.3 Å². The maximum absolute atomic E-state index is 14.6. The maximum Gasteiger partial charge on any atom is 0.350 e. The number of esters is 4. The van der Waals surface area contributed by atoms with Crippen LogP contribution in [0, 0.1) is 34.9 Å². The van der Waals surface area contributed by atoms with E-state index in [1.807, 2.05) is 27.7 Å². The normalized spacial score (nSPS) is 12.8. The number of ether oxygens (including phenoxy) is 4. The van der Waals surface area contributed by atoms with E-state index in [9.17, 15) is 45.5 Å². The number of benzene rings is 3. The minimum absolute atomic E-state index is 0.410. The van der Waals surface area contributed by atoms with Gasteiger partial charge in [-0.25, -0.2) is 36.7 Å². The number of hydrogen-bond donors (Lipinski definition) is 0. The Morgan fingerprint density at radius 2 is 0.700 bits per heavy atom. The molecule has 0 atom stereocenters. The molecule has 2 aliphatic rings. The van der Waals surface area contributed by atoms with Crippen LogP contribution >= 0.6 is 0 Å². The van der Waals surface area contributed by atoms with Crippen molar-refractivity contribution in [3.8, 4) is 23.0 Å². The van der Waals surface area contributed by atoms with E-state index < -0.39 is 104 Å². The van der Waals surface area contributed by atoms with Crippen molar-refractivity contribution in [1.29, 1.82) is 0 Å². The van der Waals surface area contributed by atoms with Gasteiger partial charge in [-0.2, -0.15) is 8.78 Å². The van der Waals surface area contributed by atoms with Gasteiger partial charge in [-0.3, -0.25) is 0 Å². The van der Waals surface area contributed by atoms with Crippen LogP contribution in [0.2, 0.25) is 0 Å². The van der Waals surface area contributed by atoms with Gasteiger partial charge < -0.3 is 18.9 Å². The van der Waals surface area contributed by atoms with Crippen molar-refractivity contribution < 1.29 is 64.5 Å². The number of halogens is 6. The summed E-state index contributed by atoms with van der Waals surface area (Å²) < 4.78 is 104. The lowest BCUT2D eigenvalue weighted by molar-refractivity contribution is 0.0422. The van der Waals surface area contributed by atoms with E-state index >= 15 is 0 Å². The molecule has 0 spiro atoms. The first-order valence-corrected chi connectivity index (χ1v) is 11.4. The van der Waals surface area contributed by atoms with E-state index in [1.54, 1.807) is 0 Å². The highest BCUT2D eigenvalue weighted by Gasteiger charge is 2.42. The standard InChI is InChI=1S/C22H4F6O8.2C2H6/c23-11-7-9(21(31)35-19(7)29)13(25)17(15(11)27)33-5-1-2-6(4-3-5)34-18-14(26)10-8(12(24)16(18)28)20(30)36-22(10)32;2*1-2/h1-4H;2*1-2H3. The summed E-state index contributed by atoms with van der Waals surface area (Å²) in [5.74, 6) is -21.0. The van der Waals surface area contributed by atoms with Gasteiger partial charge in [0.15, 0.2) is 23.3 Å². The summed E-state index contributed by atoms with van der Waals surface area (Å²) in [5, 5.41) is 0. The number of cyclic esters (lactones) is 4. The van der Waals surface area contributed by atoms with Gasteiger partial charge in [0, 0.05) is 0 Å². The molecule has 0 amide bonds. The van der Waals surface area contributed by atoms with Crippen molar-refractivity contribution in [2.24, 2.45) is 0 Å². The molecule has 5 rings (SSSR count). The summed E-state index contributed by atoms with van der Waals surface area (Å²) in [5.41, 5.74) is -4.81. The molecule has 0 unspecified atom stereocenters. The fraction of sp³-hybridized carbons (Fsp3) is 0.154. The second-order valence-electron chi connectivity index (χ2n) is 7.07. The third-order valence-corrected chi connectivity index (χ3v) is 5.01. The second-order valence-corrected chi connectivity index (χ2v) is 7.07. The van der Waals surface area contributed by atoms with Gasteiger partial charge in [0.05, 0.1) is 0 Å². The SMILES string of the molecule is CC.CC.O=C1OC(=O)c2c(F)c(Oc3ccc(Oc4c(F)c(F)c5c(c4F)C(=O)OC5=O)cc3)c(F)c(F)c21. The zero-order valence-corrected chi connectivity index (χ0v) is 20.8. The lowest BCUT2D eigenvalue weighted by Gasteiger charge is -2.12. The first kappa shape index (κ1) is 29.7. The highest BCUT2D eigenvalue weighted by atomic mass is 19.2. The number of rotatable bonds is 4. The van der Waals surface area contributed by atoms with Crippen LogP contribution in [0.5, 0.6) is 23.0 Å². The summed E-state index contributed by atoms with van der Waals surface area (Å²) in [6.45, 7) is 8.00. The van der Waals surface area contributed by atoms with Crippen molar-refractivity contribution in [2.75, 3.05) is 0 Å². The Morgan fingerprint density at radius 1 is 0.450 bits per heavy atom. The van der Waals surface area contributed by atoms with Crippen LogP contribution in [0.4, 0.5) is 26.3 Å². The topological polar surface area (TPSA) is 105 Å². The van der Waals surface area contributed by atoms with Crippen LogP contribution in [-0.2, 0) is 9.47 Å². The average Bonchev–Trinajstić information content (AvgIpc) is 3.42. The Balaban J connectivity index is 0.00000106. The van der Waals surface area contributed by atoms with Crippen LogP contribution in [0.25, 0.3) is 0 Å². The van der Waals surface area contributed by atoms with E-state index in [4.69, 9.17) is 9.47 Å². The Morgan fingerprint density at radius 3 is 0.975 bits per heavy atom. The maximum atomic E-state index is 14.6. The van der Waals surface area contributed by atoms with Crippen LogP contribution in [0.15, 0.2) is 24.3 Å². The van der Waals surface area contributed by atoms with Crippen molar-refractivity contribution in [3.63, 3.8) is 0 Å². The van der Waals surface area contributed by atoms with Gasteiger partial charge in [0.1, 0.15) is 33.8 Å². The zero-order chi connectivity index (χ0) is 30.0. The number of fused-ring (bicyclic) bond motifs is 2. The van der Waals surface area contributed by atoms with Crippen molar-refractivity contribution >= 4 is 23.9 Å². The molecule has 0 radical (unpaired) electrons. The highest BCUT2D eigenvalue weighted by Crippen LogP contribution is 2.39. The zero-order valence-electron chi connectivity index (χ0n) is 20.8. The smallest absolute Gasteiger partial charge is 0.350 e. The molecule has 2 heterocycles. The van der Waals surface area contributed by atoms with Gasteiger partial charge in [-0.05, 0) is 24.3 Å². The predicted octanol–water partition coefficient (Wildman–Crippen LogP) is 6.78. The molecule has 0 bridgehead atoms. The quantitative estimate of drug-likeness (QED) is 0.146. The first-order chi connectivity index (χ1) is 19.0. The van der Waals surface area contributed by atoms with Crippen molar-refractivity contribution in [3.05, 3.63) is 81.4 Å². The van der Waals surface area contributed by atoms with E-state index in [0.29, 0.717) is 0 Å². The molecule has 40 heavy (non-hydrogen) atoms. The molecule has 0 saturated heterocycles. The molecule has 0 saturated carbocycles. The number of carbonyl (C=O) groups is 4. The Hall–Kier alpha value is -4.88. The molecule has 3 aromatic carbocycles. The fourth-order valence-corrected chi connectivity index (χ4v) is 3.41. The Labute approximate surface area is 221 Å². The molecule has 0 N–H and O–H groups in total. The average molecular weight is 570 g/mol. The number of carbonyl (C=O) groups excluding carboxylic acids is 4. The third-order valence-electron chi connectivity index (χ3n) is 5.01. The van der Waals surface area contributed by atoms with Crippen LogP contribution < -0.4 is 9.47 Å². The number of hydrogen-bond acceptors (Lipinski definition) is 8. The molecule has 14 heteroatoms. The van der Waals surface area contributed by atoms with Crippen LogP contribution in [-0.4, -0.2) is 23.9 Å². The summed E-state index contributed by atoms with van der Waals surface area (Å²) in [6.07, 6.45) is 0. The molecular weight excluding hydrogens is 554 g/mol. The molecule has 2 aliphatic heterocycles. The minimum Gasteiger partial charge on any atom is -0.451 e. The lowest BCUT2D eigenvalue weighted by atomic mass is 10.1. The van der Waals surface area contributed by atoms with Gasteiger partial charge >= 0.3 is 23.9 Å². The first-order valence-electron chi connectivity index (χ1n) is 11.4. The lowest BCUT2D eigenvalue weighted by Crippen LogP contribution is -2.07. The van der Waals surface area contributed by atoms with E-state index in [2.05, 4.69) is 9.47 Å². The van der Waals surface area contributed by atoms with E-state index in [1.165, 1.54) is 0 Å². The largest absolute Gasteiger partial charge is 0.451 e. The molecule has 0 fully saturated rings. The minimum atomic E-state index is -1.95. The predicted molar refractivity (Wildman–Crippen MR) is 121 cm³/mol. The van der Waals surface area contributed by atoms with Crippen LogP contribution in [0.3, 0.4) is 0 Å². The van der Waals surface area contributed by atoms with Gasteiger partial charge in [0.2, 0.25) is 23.1 Å². The third kappa shape index (κ3) is 4.72. The van der Waals surface area contributed by atoms with E-state index in [-0.39, 0.29) is 0 Å². The Kier molecular flexibility index (Phi) is 8.51. The summed E-state index contributed by atoms with van der Waals surface area (Å²) in [4.78, 5) is 46.0. The molecule has 0 aromatic heterocycles. The van der Waals surface area contributed by atoms with Gasteiger partial charge in [0.25, 0.3) is 0 Å². The highest BCUT2D eigenvalue weighted by molar-refractivity contribution is 6.16. The van der Waals surface area contributed by atoms with Gasteiger partial charge in [-0.1, -0.05) is 27.7 Å². The van der Waals surface area contributed by atoms with Crippen molar-refractivity contribution in [1.82, 2.24) is 0 Å². The molecule has 210 valence electrons. The Bertz CT molecular complexity index is 1450. The molecule has 8 nitrogen and oxygen atoms in total. The summed E-state index contributed by atoms with van der Waals surface area (Å²) in [6, 6.07) is 3.67. The summed E-state index contributed by atoms with van der Waals surface area (Å²) in [7, 11) is 0.